The van der Waals surface area contributed by atoms with Crippen LogP contribution in [0.25, 0.3) is 0 Å². The van der Waals surface area contributed by atoms with Gasteiger partial charge < -0.3 is 10.6 Å². The minimum atomic E-state index is -4.18. The van der Waals surface area contributed by atoms with Gasteiger partial charge in [0.25, 0.3) is 0 Å². The van der Waals surface area contributed by atoms with Crippen molar-refractivity contribution in [3.63, 3.8) is 0 Å². The van der Waals surface area contributed by atoms with E-state index in [1.807, 2.05) is 0 Å². The molecule has 0 heterocycles. The topological polar surface area (TPSA) is 39.7 Å². The van der Waals surface area contributed by atoms with Gasteiger partial charge in [0, 0.05) is 31.6 Å². The summed E-state index contributed by atoms with van der Waals surface area (Å²) in [6, 6.07) is 6.35. The summed E-state index contributed by atoms with van der Waals surface area (Å²) in [6.45, 7) is 0.394. The SMILES string of the molecule is CN=C(NCCCSc1ccc(F)cc1)NCCN(C)CC(F)(F)F. The van der Waals surface area contributed by atoms with E-state index in [0.717, 1.165) is 17.1 Å². The van der Waals surface area contributed by atoms with Crippen molar-refractivity contribution < 1.29 is 17.6 Å². The minimum Gasteiger partial charge on any atom is -0.356 e. The third kappa shape index (κ3) is 10.9. The molecule has 0 unspecified atom stereocenters. The summed E-state index contributed by atoms with van der Waals surface area (Å²) in [6.07, 6.45) is -3.31. The van der Waals surface area contributed by atoms with Gasteiger partial charge in [-0.15, -0.1) is 11.8 Å². The largest absolute Gasteiger partial charge is 0.401 e. The Morgan fingerprint density at radius 1 is 1.16 bits per heavy atom. The Labute approximate surface area is 150 Å². The molecular weight excluding hydrogens is 356 g/mol. The number of likely N-dealkylation sites (N-methyl/N-ethyl adjacent to an activating group) is 1. The van der Waals surface area contributed by atoms with Crippen molar-refractivity contribution in [1.82, 2.24) is 15.5 Å². The molecule has 4 nitrogen and oxygen atoms in total. The first kappa shape index (κ1) is 21.6. The van der Waals surface area contributed by atoms with Crippen molar-refractivity contribution in [2.45, 2.75) is 17.5 Å². The molecule has 25 heavy (non-hydrogen) atoms. The second-order valence-corrected chi connectivity index (χ2v) is 6.60. The Morgan fingerprint density at radius 2 is 1.80 bits per heavy atom. The third-order valence-electron chi connectivity index (χ3n) is 3.15. The average molecular weight is 380 g/mol. The number of benzene rings is 1. The molecule has 0 saturated carbocycles. The molecule has 1 rings (SSSR count). The van der Waals surface area contributed by atoms with E-state index in [-0.39, 0.29) is 12.4 Å². The van der Waals surface area contributed by atoms with Gasteiger partial charge in [-0.25, -0.2) is 4.39 Å². The summed E-state index contributed by atoms with van der Waals surface area (Å²) in [5.74, 6) is 1.18. The lowest BCUT2D eigenvalue weighted by Gasteiger charge is -2.19. The average Bonchev–Trinajstić information content (AvgIpc) is 2.53. The van der Waals surface area contributed by atoms with Gasteiger partial charge in [0.15, 0.2) is 5.96 Å². The number of alkyl halides is 3. The van der Waals surface area contributed by atoms with Crippen LogP contribution in [0.15, 0.2) is 34.2 Å². The number of nitrogens with one attached hydrogen (secondary N) is 2. The van der Waals surface area contributed by atoms with E-state index in [1.165, 1.54) is 24.1 Å². The van der Waals surface area contributed by atoms with E-state index in [1.54, 1.807) is 30.9 Å². The smallest absolute Gasteiger partial charge is 0.356 e. The Bertz CT molecular complexity index is 520. The number of aliphatic imine (C=N–C) groups is 1. The number of halogens is 4. The first-order chi connectivity index (χ1) is 11.8. The van der Waals surface area contributed by atoms with E-state index in [4.69, 9.17) is 0 Å². The van der Waals surface area contributed by atoms with Crippen molar-refractivity contribution in [1.29, 1.82) is 0 Å². The van der Waals surface area contributed by atoms with Crippen LogP contribution in [0, 0.1) is 5.82 Å². The molecule has 2 N–H and O–H groups in total. The molecule has 0 saturated heterocycles. The van der Waals surface area contributed by atoms with Gasteiger partial charge in [-0.3, -0.25) is 9.89 Å². The summed E-state index contributed by atoms with van der Waals surface area (Å²) in [5, 5.41) is 6.09. The summed E-state index contributed by atoms with van der Waals surface area (Å²) < 4.78 is 49.5. The van der Waals surface area contributed by atoms with Gasteiger partial charge in [0.05, 0.1) is 6.54 Å². The van der Waals surface area contributed by atoms with Gasteiger partial charge in [-0.2, -0.15) is 13.2 Å². The molecule has 0 atom stereocenters. The number of hydrogen-bond acceptors (Lipinski definition) is 3. The molecule has 0 aliphatic carbocycles. The van der Waals surface area contributed by atoms with Crippen molar-refractivity contribution in [3.05, 3.63) is 30.1 Å². The number of guanidine groups is 1. The molecule has 0 bridgehead atoms. The van der Waals surface area contributed by atoms with Crippen LogP contribution in [0.1, 0.15) is 6.42 Å². The quantitative estimate of drug-likeness (QED) is 0.227. The highest BCUT2D eigenvalue weighted by Crippen LogP contribution is 2.18. The predicted octanol–water partition coefficient (Wildman–Crippen LogP) is 2.97. The summed E-state index contributed by atoms with van der Waals surface area (Å²) >= 11 is 1.64. The van der Waals surface area contributed by atoms with Crippen LogP contribution in [0.5, 0.6) is 0 Å². The Kier molecular flexibility index (Phi) is 9.66. The van der Waals surface area contributed by atoms with Crippen LogP contribution in [-0.4, -0.2) is 63.1 Å². The van der Waals surface area contributed by atoms with Crippen LogP contribution in [0.3, 0.4) is 0 Å². The number of thioether (sulfide) groups is 1. The zero-order valence-electron chi connectivity index (χ0n) is 14.4. The van der Waals surface area contributed by atoms with Crippen LogP contribution in [0.2, 0.25) is 0 Å². The van der Waals surface area contributed by atoms with Gasteiger partial charge in [0.1, 0.15) is 5.82 Å². The van der Waals surface area contributed by atoms with Crippen molar-refractivity contribution in [3.8, 4) is 0 Å². The number of rotatable bonds is 9. The summed E-state index contributed by atoms with van der Waals surface area (Å²) in [5.41, 5.74) is 0. The van der Waals surface area contributed by atoms with Crippen LogP contribution >= 0.6 is 11.8 Å². The Morgan fingerprint density at radius 3 is 2.40 bits per heavy atom. The van der Waals surface area contributed by atoms with E-state index in [9.17, 15) is 17.6 Å². The lowest BCUT2D eigenvalue weighted by atomic mass is 10.4. The molecule has 0 amide bonds. The summed E-state index contributed by atoms with van der Waals surface area (Å²) in [4.78, 5) is 6.25. The molecule has 142 valence electrons. The molecule has 1 aromatic carbocycles. The molecule has 0 aliphatic rings. The fraction of sp³-hybridized carbons (Fsp3) is 0.562. The molecule has 0 radical (unpaired) electrons. The number of nitrogens with zero attached hydrogens (tertiary/aromatic N) is 2. The summed E-state index contributed by atoms with van der Waals surface area (Å²) in [7, 11) is 3.04. The van der Waals surface area contributed by atoms with E-state index < -0.39 is 12.7 Å². The van der Waals surface area contributed by atoms with Crippen LogP contribution < -0.4 is 10.6 Å². The first-order valence-electron chi connectivity index (χ1n) is 7.88. The van der Waals surface area contributed by atoms with Crippen molar-refractivity contribution >= 4 is 17.7 Å². The second kappa shape index (κ2) is 11.2. The maximum absolute atomic E-state index is 12.8. The van der Waals surface area contributed by atoms with Gasteiger partial charge >= 0.3 is 6.18 Å². The molecule has 0 aliphatic heterocycles. The predicted molar refractivity (Wildman–Crippen MR) is 94.7 cm³/mol. The van der Waals surface area contributed by atoms with E-state index in [0.29, 0.717) is 19.0 Å². The molecule has 1 aromatic rings. The highest BCUT2D eigenvalue weighted by molar-refractivity contribution is 7.99. The fourth-order valence-corrected chi connectivity index (χ4v) is 2.82. The first-order valence-corrected chi connectivity index (χ1v) is 8.87. The van der Waals surface area contributed by atoms with Gasteiger partial charge in [-0.05, 0) is 43.5 Å². The fourth-order valence-electron chi connectivity index (χ4n) is 1.97. The second-order valence-electron chi connectivity index (χ2n) is 5.43. The maximum atomic E-state index is 12.8. The van der Waals surface area contributed by atoms with E-state index >= 15 is 0 Å². The maximum Gasteiger partial charge on any atom is 0.401 e. The third-order valence-corrected chi connectivity index (χ3v) is 4.25. The van der Waals surface area contributed by atoms with Crippen LogP contribution in [0.4, 0.5) is 17.6 Å². The Balaban J connectivity index is 2.12. The number of hydrogen-bond donors (Lipinski definition) is 2. The molecule has 0 spiro atoms. The highest BCUT2D eigenvalue weighted by atomic mass is 32.2. The zero-order valence-corrected chi connectivity index (χ0v) is 15.2. The lowest BCUT2D eigenvalue weighted by molar-refractivity contribution is -0.142. The molecule has 0 aromatic heterocycles. The zero-order chi connectivity index (χ0) is 18.7. The highest BCUT2D eigenvalue weighted by Gasteiger charge is 2.28. The van der Waals surface area contributed by atoms with Crippen LogP contribution in [-0.2, 0) is 0 Å². The lowest BCUT2D eigenvalue weighted by Crippen LogP contribution is -2.42. The molecule has 0 fully saturated rings. The standard InChI is InChI=1S/C16H24F4N4S/c1-21-15(23-9-10-24(2)12-16(18,19)20)22-8-3-11-25-14-6-4-13(17)5-7-14/h4-7H,3,8-12H2,1-2H3,(H2,21,22,23). The van der Waals surface area contributed by atoms with Crippen molar-refractivity contribution in [2.24, 2.45) is 4.99 Å². The van der Waals surface area contributed by atoms with Gasteiger partial charge in [0.2, 0.25) is 0 Å². The van der Waals surface area contributed by atoms with E-state index in [2.05, 4.69) is 15.6 Å². The molecular formula is C16H24F4N4S. The van der Waals surface area contributed by atoms with Crippen molar-refractivity contribution in [2.75, 3.05) is 46.0 Å². The van der Waals surface area contributed by atoms with Gasteiger partial charge in [-0.1, -0.05) is 0 Å². The minimum absolute atomic E-state index is 0.248. The monoisotopic (exact) mass is 380 g/mol. The normalized spacial score (nSPS) is 12.5. The molecule has 9 heteroatoms. The Hall–Kier alpha value is -1.48.